The first-order valence-corrected chi connectivity index (χ1v) is 10.0. The summed E-state index contributed by atoms with van der Waals surface area (Å²) in [4.78, 5) is 12.3. The lowest BCUT2D eigenvalue weighted by molar-refractivity contribution is -0.120. The SMILES string of the molecule is CCc1ccc([C@@H](NCC(=O)NCc2ccc(OC(F)F)c(OC)c2)C(C)C)cc1. The zero-order valence-electron chi connectivity index (χ0n) is 17.9. The fourth-order valence-electron chi connectivity index (χ4n) is 3.18. The minimum absolute atomic E-state index is 0.0434. The van der Waals surface area contributed by atoms with E-state index in [0.717, 1.165) is 17.5 Å². The number of carbonyl (C=O) groups excluding carboxylic acids is 1. The molecule has 0 fully saturated rings. The van der Waals surface area contributed by atoms with Crippen LogP contribution in [0.4, 0.5) is 8.78 Å². The van der Waals surface area contributed by atoms with Crippen LogP contribution in [0.3, 0.4) is 0 Å². The van der Waals surface area contributed by atoms with Crippen molar-refractivity contribution in [3.8, 4) is 11.5 Å². The maximum atomic E-state index is 12.4. The molecule has 0 aromatic heterocycles. The summed E-state index contributed by atoms with van der Waals surface area (Å²) in [6, 6.07) is 13.1. The summed E-state index contributed by atoms with van der Waals surface area (Å²) in [5.41, 5.74) is 3.14. The van der Waals surface area contributed by atoms with Crippen LogP contribution in [0.15, 0.2) is 42.5 Å². The molecule has 0 aliphatic carbocycles. The number of hydrogen-bond donors (Lipinski definition) is 2. The van der Waals surface area contributed by atoms with E-state index in [1.54, 1.807) is 12.1 Å². The van der Waals surface area contributed by atoms with Gasteiger partial charge in [0.15, 0.2) is 11.5 Å². The molecule has 2 rings (SSSR count). The second-order valence-electron chi connectivity index (χ2n) is 7.34. The fourth-order valence-corrected chi connectivity index (χ4v) is 3.18. The normalized spacial score (nSPS) is 12.1. The van der Waals surface area contributed by atoms with E-state index in [4.69, 9.17) is 4.74 Å². The second kappa shape index (κ2) is 11.5. The van der Waals surface area contributed by atoms with Crippen LogP contribution in [0.1, 0.15) is 43.5 Å². The number of halogens is 2. The smallest absolute Gasteiger partial charge is 0.387 e. The Morgan fingerprint density at radius 2 is 1.70 bits per heavy atom. The lowest BCUT2D eigenvalue weighted by Crippen LogP contribution is -2.37. The Morgan fingerprint density at radius 3 is 2.27 bits per heavy atom. The predicted octanol–water partition coefficient (Wildman–Crippen LogP) is 4.46. The van der Waals surface area contributed by atoms with Crippen molar-refractivity contribution in [3.63, 3.8) is 0 Å². The summed E-state index contributed by atoms with van der Waals surface area (Å²) < 4.78 is 34.3. The summed E-state index contributed by atoms with van der Waals surface area (Å²) in [7, 11) is 1.37. The number of benzene rings is 2. The average molecular weight is 421 g/mol. The van der Waals surface area contributed by atoms with Crippen molar-refractivity contribution in [1.82, 2.24) is 10.6 Å². The molecule has 0 aliphatic rings. The number of aryl methyl sites for hydroxylation is 1. The molecular weight excluding hydrogens is 390 g/mol. The van der Waals surface area contributed by atoms with Crippen molar-refractivity contribution >= 4 is 5.91 Å². The van der Waals surface area contributed by atoms with E-state index >= 15 is 0 Å². The van der Waals surface area contributed by atoms with Gasteiger partial charge < -0.3 is 20.1 Å². The highest BCUT2D eigenvalue weighted by Crippen LogP contribution is 2.29. The third-order valence-corrected chi connectivity index (χ3v) is 4.83. The molecule has 1 amide bonds. The van der Waals surface area contributed by atoms with E-state index in [1.165, 1.54) is 18.7 Å². The molecule has 0 spiro atoms. The average Bonchev–Trinajstić information content (AvgIpc) is 2.73. The number of hydrogen-bond acceptors (Lipinski definition) is 4. The highest BCUT2D eigenvalue weighted by Gasteiger charge is 2.17. The molecule has 2 aromatic carbocycles. The van der Waals surface area contributed by atoms with E-state index in [0.29, 0.717) is 5.92 Å². The first-order chi connectivity index (χ1) is 14.3. The van der Waals surface area contributed by atoms with Crippen LogP contribution >= 0.6 is 0 Å². The van der Waals surface area contributed by atoms with E-state index in [-0.39, 0.29) is 36.5 Å². The Bertz CT molecular complexity index is 811. The maximum absolute atomic E-state index is 12.4. The molecule has 0 heterocycles. The van der Waals surface area contributed by atoms with Crippen LogP contribution in [0.25, 0.3) is 0 Å². The fraction of sp³-hybridized carbons (Fsp3) is 0.435. The van der Waals surface area contributed by atoms with Crippen LogP contribution < -0.4 is 20.1 Å². The molecule has 1 atom stereocenters. The van der Waals surface area contributed by atoms with Crippen molar-refractivity contribution in [2.75, 3.05) is 13.7 Å². The lowest BCUT2D eigenvalue weighted by Gasteiger charge is -2.23. The number of nitrogens with one attached hydrogen (secondary N) is 2. The van der Waals surface area contributed by atoms with E-state index in [9.17, 15) is 13.6 Å². The quantitative estimate of drug-likeness (QED) is 0.563. The molecule has 0 aliphatic heterocycles. The monoisotopic (exact) mass is 420 g/mol. The van der Waals surface area contributed by atoms with Gasteiger partial charge in [-0.15, -0.1) is 0 Å². The standard InChI is InChI=1S/C23H30F2N2O3/c1-5-16-6-9-18(10-7-16)22(15(2)3)27-14-21(28)26-13-17-8-11-19(30-23(24)25)20(12-17)29-4/h6-12,15,22-23,27H,5,13-14H2,1-4H3,(H,26,28)/t22-/m0/s1. The van der Waals surface area contributed by atoms with Crippen LogP contribution in [-0.4, -0.2) is 26.2 Å². The summed E-state index contributed by atoms with van der Waals surface area (Å²) in [5, 5.41) is 6.15. The van der Waals surface area contributed by atoms with Crippen molar-refractivity contribution in [3.05, 3.63) is 59.2 Å². The van der Waals surface area contributed by atoms with E-state index in [2.05, 4.69) is 60.4 Å². The Labute approximate surface area is 176 Å². The number of methoxy groups -OCH3 is 1. The van der Waals surface area contributed by atoms with Gasteiger partial charge in [0.05, 0.1) is 13.7 Å². The van der Waals surface area contributed by atoms with Crippen LogP contribution in [0.2, 0.25) is 0 Å². The van der Waals surface area contributed by atoms with Crippen molar-refractivity contribution in [1.29, 1.82) is 0 Å². The molecule has 0 radical (unpaired) electrons. The summed E-state index contributed by atoms with van der Waals surface area (Å²) in [6.45, 7) is 3.83. The van der Waals surface area contributed by atoms with E-state index < -0.39 is 6.61 Å². The molecule has 7 heteroatoms. The molecule has 0 unspecified atom stereocenters. The second-order valence-corrected chi connectivity index (χ2v) is 7.34. The first kappa shape index (κ1) is 23.6. The molecule has 0 saturated carbocycles. The van der Waals surface area contributed by atoms with Crippen LogP contribution in [0, 0.1) is 5.92 Å². The number of amides is 1. The number of rotatable bonds is 11. The molecule has 0 saturated heterocycles. The van der Waals surface area contributed by atoms with Crippen molar-refractivity contribution < 1.29 is 23.0 Å². The molecule has 2 aromatic rings. The third kappa shape index (κ3) is 6.99. The van der Waals surface area contributed by atoms with Gasteiger partial charge in [-0.05, 0) is 41.2 Å². The van der Waals surface area contributed by atoms with Gasteiger partial charge in [0.1, 0.15) is 0 Å². The number of ether oxygens (including phenoxy) is 2. The minimum atomic E-state index is -2.93. The van der Waals surface area contributed by atoms with Gasteiger partial charge in [0, 0.05) is 12.6 Å². The molecule has 0 bridgehead atoms. The predicted molar refractivity (Wildman–Crippen MR) is 113 cm³/mol. The van der Waals surface area contributed by atoms with Gasteiger partial charge >= 0.3 is 6.61 Å². The molecule has 2 N–H and O–H groups in total. The van der Waals surface area contributed by atoms with Gasteiger partial charge in [-0.1, -0.05) is 51.1 Å². The highest BCUT2D eigenvalue weighted by molar-refractivity contribution is 5.78. The van der Waals surface area contributed by atoms with Gasteiger partial charge in [0.25, 0.3) is 0 Å². The minimum Gasteiger partial charge on any atom is -0.493 e. The highest BCUT2D eigenvalue weighted by atomic mass is 19.3. The zero-order valence-corrected chi connectivity index (χ0v) is 17.9. The van der Waals surface area contributed by atoms with Crippen LogP contribution in [-0.2, 0) is 17.8 Å². The number of alkyl halides is 2. The Kier molecular flexibility index (Phi) is 9.05. The third-order valence-electron chi connectivity index (χ3n) is 4.83. The number of carbonyl (C=O) groups is 1. The molecular formula is C23H30F2N2O3. The van der Waals surface area contributed by atoms with Crippen LogP contribution in [0.5, 0.6) is 11.5 Å². The topological polar surface area (TPSA) is 59.6 Å². The first-order valence-electron chi connectivity index (χ1n) is 10.0. The van der Waals surface area contributed by atoms with Gasteiger partial charge in [0.2, 0.25) is 5.91 Å². The lowest BCUT2D eigenvalue weighted by atomic mass is 9.95. The summed E-state index contributed by atoms with van der Waals surface area (Å²) in [5.74, 6) is 0.309. The Morgan fingerprint density at radius 1 is 1.03 bits per heavy atom. The van der Waals surface area contributed by atoms with Gasteiger partial charge in [-0.25, -0.2) is 0 Å². The largest absolute Gasteiger partial charge is 0.493 e. The Hall–Kier alpha value is -2.67. The Balaban J connectivity index is 1.91. The van der Waals surface area contributed by atoms with Crippen molar-refractivity contribution in [2.24, 2.45) is 5.92 Å². The summed E-state index contributed by atoms with van der Waals surface area (Å²) in [6.07, 6.45) is 0.989. The zero-order chi connectivity index (χ0) is 22.1. The van der Waals surface area contributed by atoms with Crippen molar-refractivity contribution in [2.45, 2.75) is 46.4 Å². The molecule has 5 nitrogen and oxygen atoms in total. The maximum Gasteiger partial charge on any atom is 0.387 e. The molecule has 164 valence electrons. The van der Waals surface area contributed by atoms with Gasteiger partial charge in [-0.2, -0.15) is 8.78 Å². The molecule has 30 heavy (non-hydrogen) atoms. The van der Waals surface area contributed by atoms with Gasteiger partial charge in [-0.3, -0.25) is 4.79 Å². The summed E-state index contributed by atoms with van der Waals surface area (Å²) >= 11 is 0. The van der Waals surface area contributed by atoms with E-state index in [1.807, 2.05) is 0 Å².